The number of likely N-dealkylation sites (tertiary alicyclic amines) is 1. The molecule has 6 nitrogen and oxygen atoms in total. The monoisotopic (exact) mass is 340 g/mol. The molecular formula is C15H15F3N4O2. The number of alkyl halides is 3. The van der Waals surface area contributed by atoms with Gasteiger partial charge in [-0.15, -0.1) is 0 Å². The van der Waals surface area contributed by atoms with Gasteiger partial charge in [-0.1, -0.05) is 0 Å². The molecule has 1 saturated heterocycles. The minimum atomic E-state index is -4.47. The van der Waals surface area contributed by atoms with Crippen molar-refractivity contribution in [1.82, 2.24) is 19.9 Å². The van der Waals surface area contributed by atoms with E-state index >= 15 is 0 Å². The third kappa shape index (κ3) is 3.34. The van der Waals surface area contributed by atoms with Crippen LogP contribution in [0.2, 0.25) is 0 Å². The van der Waals surface area contributed by atoms with Gasteiger partial charge in [0.2, 0.25) is 0 Å². The van der Waals surface area contributed by atoms with Crippen LogP contribution in [0.3, 0.4) is 0 Å². The number of piperidine rings is 1. The summed E-state index contributed by atoms with van der Waals surface area (Å²) in [7, 11) is 0. The topological polar surface area (TPSA) is 82.1 Å². The molecule has 2 aromatic heterocycles. The zero-order valence-corrected chi connectivity index (χ0v) is 12.5. The van der Waals surface area contributed by atoms with Crippen molar-refractivity contribution >= 4 is 5.91 Å². The van der Waals surface area contributed by atoms with Gasteiger partial charge in [-0.2, -0.15) is 13.2 Å². The van der Waals surface area contributed by atoms with Crippen molar-refractivity contribution in [2.45, 2.75) is 24.9 Å². The third-order valence-electron chi connectivity index (χ3n) is 3.97. The summed E-state index contributed by atoms with van der Waals surface area (Å²) < 4.78 is 38.0. The molecule has 1 aliphatic heterocycles. The predicted molar refractivity (Wildman–Crippen MR) is 77.4 cm³/mol. The number of hydrogen-bond acceptors (Lipinski definition) is 4. The number of aromatic nitrogens is 3. The first kappa shape index (κ1) is 16.3. The molecule has 0 bridgehead atoms. The van der Waals surface area contributed by atoms with Gasteiger partial charge in [0, 0.05) is 25.2 Å². The molecule has 24 heavy (non-hydrogen) atoms. The van der Waals surface area contributed by atoms with E-state index in [0.717, 1.165) is 6.20 Å². The molecule has 2 N–H and O–H groups in total. The van der Waals surface area contributed by atoms with Crippen LogP contribution in [0.5, 0.6) is 5.75 Å². The Bertz CT molecular complexity index is 744. The van der Waals surface area contributed by atoms with E-state index in [2.05, 4.69) is 15.0 Å². The van der Waals surface area contributed by atoms with E-state index in [-0.39, 0.29) is 35.5 Å². The van der Waals surface area contributed by atoms with E-state index in [1.807, 2.05) is 0 Å². The number of carbonyl (C=O) groups is 1. The summed E-state index contributed by atoms with van der Waals surface area (Å²) in [5.74, 6) is -0.487. The second-order valence-electron chi connectivity index (χ2n) is 5.70. The average molecular weight is 340 g/mol. The van der Waals surface area contributed by atoms with Crippen molar-refractivity contribution in [3.05, 3.63) is 41.7 Å². The Morgan fingerprint density at radius 2 is 2.12 bits per heavy atom. The van der Waals surface area contributed by atoms with Gasteiger partial charge in [0.05, 0.1) is 18.0 Å². The number of nitrogens with one attached hydrogen (secondary N) is 1. The summed E-state index contributed by atoms with van der Waals surface area (Å²) in [4.78, 5) is 23.9. The fourth-order valence-corrected chi connectivity index (χ4v) is 2.80. The lowest BCUT2D eigenvalue weighted by Crippen LogP contribution is -2.39. The first-order valence-electron chi connectivity index (χ1n) is 7.40. The summed E-state index contributed by atoms with van der Waals surface area (Å²) >= 11 is 0. The second-order valence-corrected chi connectivity index (χ2v) is 5.70. The zero-order chi connectivity index (χ0) is 17.3. The van der Waals surface area contributed by atoms with Crippen LogP contribution in [0, 0.1) is 0 Å². The number of amides is 1. The number of rotatable bonds is 2. The largest absolute Gasteiger partial charge is 0.506 e. The quantitative estimate of drug-likeness (QED) is 0.880. The molecule has 1 aliphatic rings. The minimum absolute atomic E-state index is 0.115. The van der Waals surface area contributed by atoms with Crippen molar-refractivity contribution in [2.75, 3.05) is 13.1 Å². The number of carbonyl (C=O) groups excluding carboxylic acids is 1. The number of halogens is 3. The molecule has 0 spiro atoms. The van der Waals surface area contributed by atoms with Crippen LogP contribution in [0.15, 0.2) is 24.7 Å². The van der Waals surface area contributed by atoms with E-state index in [1.165, 1.54) is 18.5 Å². The van der Waals surface area contributed by atoms with Gasteiger partial charge in [0.15, 0.2) is 0 Å². The van der Waals surface area contributed by atoms with Gasteiger partial charge in [-0.25, -0.2) is 4.98 Å². The van der Waals surface area contributed by atoms with Gasteiger partial charge < -0.3 is 15.0 Å². The molecule has 3 rings (SSSR count). The zero-order valence-electron chi connectivity index (χ0n) is 12.5. The summed E-state index contributed by atoms with van der Waals surface area (Å²) in [5, 5.41) is 9.41. The van der Waals surface area contributed by atoms with Crippen LogP contribution in [0.4, 0.5) is 13.2 Å². The van der Waals surface area contributed by atoms with E-state index in [9.17, 15) is 23.1 Å². The number of aromatic amines is 1. The summed E-state index contributed by atoms with van der Waals surface area (Å²) in [5.41, 5.74) is -0.649. The number of pyridine rings is 1. The average Bonchev–Trinajstić information content (AvgIpc) is 3.04. The maximum Gasteiger partial charge on any atom is 0.432 e. The van der Waals surface area contributed by atoms with Crippen LogP contribution in [-0.2, 0) is 6.18 Å². The Kier molecular flexibility index (Phi) is 4.16. The van der Waals surface area contributed by atoms with Crippen LogP contribution in [0.1, 0.15) is 40.6 Å². The molecule has 0 radical (unpaired) electrons. The lowest BCUT2D eigenvalue weighted by molar-refractivity contribution is -0.141. The second kappa shape index (κ2) is 6.14. The van der Waals surface area contributed by atoms with Crippen molar-refractivity contribution in [2.24, 2.45) is 0 Å². The normalized spacial score (nSPS) is 18.6. The van der Waals surface area contributed by atoms with Crippen molar-refractivity contribution < 1.29 is 23.1 Å². The van der Waals surface area contributed by atoms with Gasteiger partial charge in [-0.05, 0) is 18.9 Å². The lowest BCUT2D eigenvalue weighted by Gasteiger charge is -2.31. The highest BCUT2D eigenvalue weighted by atomic mass is 19.4. The number of imidazole rings is 1. The van der Waals surface area contributed by atoms with E-state index in [0.29, 0.717) is 19.4 Å². The highest BCUT2D eigenvalue weighted by Gasteiger charge is 2.35. The molecule has 9 heteroatoms. The summed E-state index contributed by atoms with van der Waals surface area (Å²) in [6, 6.07) is 1.31. The highest BCUT2D eigenvalue weighted by molar-refractivity contribution is 5.94. The molecule has 0 aliphatic carbocycles. The molecule has 1 fully saturated rings. The fourth-order valence-electron chi connectivity index (χ4n) is 2.80. The van der Waals surface area contributed by atoms with E-state index in [4.69, 9.17) is 0 Å². The summed E-state index contributed by atoms with van der Waals surface area (Å²) in [6.07, 6.45) is 0.174. The first-order chi connectivity index (χ1) is 11.3. The molecule has 2 aromatic rings. The highest BCUT2D eigenvalue weighted by Crippen LogP contribution is 2.31. The van der Waals surface area contributed by atoms with Crippen LogP contribution >= 0.6 is 0 Å². The maximum atomic E-state index is 12.7. The van der Waals surface area contributed by atoms with E-state index in [1.54, 1.807) is 4.90 Å². The van der Waals surface area contributed by atoms with Crippen LogP contribution < -0.4 is 0 Å². The smallest absolute Gasteiger partial charge is 0.432 e. The first-order valence-corrected chi connectivity index (χ1v) is 7.40. The van der Waals surface area contributed by atoms with Crippen molar-refractivity contribution in [1.29, 1.82) is 0 Å². The number of H-pyrrole nitrogens is 1. The number of hydrogen-bond donors (Lipinski definition) is 2. The molecule has 0 aromatic carbocycles. The molecule has 1 amide bonds. The Labute approximate surface area is 135 Å². The van der Waals surface area contributed by atoms with Gasteiger partial charge in [0.1, 0.15) is 17.3 Å². The Morgan fingerprint density at radius 1 is 1.33 bits per heavy atom. The third-order valence-corrected chi connectivity index (χ3v) is 3.97. The van der Waals surface area contributed by atoms with Gasteiger partial charge in [-0.3, -0.25) is 9.78 Å². The van der Waals surface area contributed by atoms with Gasteiger partial charge >= 0.3 is 6.18 Å². The SMILES string of the molecule is O=C(c1cncc(O)c1)N1CCCC(c2ncc(C(F)(F)F)[nH]2)C1. The molecular weight excluding hydrogens is 325 g/mol. The molecule has 3 heterocycles. The predicted octanol–water partition coefficient (Wildman–Crippen LogP) is 2.55. The van der Waals surface area contributed by atoms with E-state index < -0.39 is 11.9 Å². The Hall–Kier alpha value is -2.58. The van der Waals surface area contributed by atoms with Crippen LogP contribution in [-0.4, -0.2) is 44.0 Å². The summed E-state index contributed by atoms with van der Waals surface area (Å²) in [6.45, 7) is 0.761. The lowest BCUT2D eigenvalue weighted by atomic mass is 9.97. The Morgan fingerprint density at radius 3 is 2.79 bits per heavy atom. The van der Waals surface area contributed by atoms with Crippen molar-refractivity contribution in [3.63, 3.8) is 0 Å². The molecule has 1 unspecified atom stereocenters. The maximum absolute atomic E-state index is 12.7. The molecule has 0 saturated carbocycles. The van der Waals surface area contributed by atoms with Crippen molar-refractivity contribution in [3.8, 4) is 5.75 Å². The van der Waals surface area contributed by atoms with Crippen LogP contribution in [0.25, 0.3) is 0 Å². The molecule has 1 atom stereocenters. The standard InChI is InChI=1S/C15H15F3N4O2/c16-15(17,18)12-7-20-13(21-12)9-2-1-3-22(8-9)14(24)10-4-11(23)6-19-5-10/h4-7,9,23H,1-3,8H2,(H,20,21). The molecule has 128 valence electrons. The fraction of sp³-hybridized carbons (Fsp3) is 0.400. The number of nitrogens with zero attached hydrogens (tertiary/aromatic N) is 3. The minimum Gasteiger partial charge on any atom is -0.506 e. The Balaban J connectivity index is 1.75. The number of aromatic hydroxyl groups is 1. The van der Waals surface area contributed by atoms with Gasteiger partial charge in [0.25, 0.3) is 5.91 Å².